The molecule has 2 aliphatic rings. The number of piperidine rings is 1. The number of nitrogens with zero attached hydrogens (tertiary/aromatic N) is 1. The molecule has 2 bridgehead atoms. The number of rotatable bonds is 4. The zero-order valence-corrected chi connectivity index (χ0v) is 14.4. The van der Waals surface area contributed by atoms with Crippen molar-refractivity contribution in [1.82, 2.24) is 10.2 Å². The van der Waals surface area contributed by atoms with Crippen LogP contribution in [0.3, 0.4) is 0 Å². The molecule has 1 heterocycles. The van der Waals surface area contributed by atoms with E-state index in [-0.39, 0.29) is 11.9 Å². The van der Waals surface area contributed by atoms with Crippen molar-refractivity contribution in [1.29, 1.82) is 0 Å². The first kappa shape index (κ1) is 16.4. The minimum atomic E-state index is -0.129. The number of halogens is 1. The summed E-state index contributed by atoms with van der Waals surface area (Å²) in [5.41, 5.74) is 6.65. The molecule has 0 spiro atoms. The minimum Gasteiger partial charge on any atom is -0.496 e. The van der Waals surface area contributed by atoms with Gasteiger partial charge in [-0.15, -0.1) is 0 Å². The molecule has 1 amide bonds. The lowest BCUT2D eigenvalue weighted by Gasteiger charge is -2.37. The third kappa shape index (κ3) is 3.12. The summed E-state index contributed by atoms with van der Waals surface area (Å²) in [6, 6.07) is 3.44. The maximum atomic E-state index is 12.7. The van der Waals surface area contributed by atoms with Crippen LogP contribution in [0.4, 0.5) is 5.69 Å². The average Bonchev–Trinajstić information content (AvgIpc) is 2.78. The van der Waals surface area contributed by atoms with Crippen molar-refractivity contribution in [3.05, 3.63) is 22.7 Å². The third-order valence-electron chi connectivity index (χ3n) is 5.22. The van der Waals surface area contributed by atoms with Gasteiger partial charge in [-0.25, -0.2) is 0 Å². The topological polar surface area (TPSA) is 67.6 Å². The monoisotopic (exact) mass is 337 g/mol. The maximum Gasteiger partial charge on any atom is 0.255 e. The van der Waals surface area contributed by atoms with Gasteiger partial charge < -0.3 is 20.7 Å². The number of hydrogen-bond donors (Lipinski definition) is 2. The molecule has 0 aromatic heterocycles. The first-order valence-electron chi connectivity index (χ1n) is 8.19. The van der Waals surface area contributed by atoms with Crippen molar-refractivity contribution in [2.24, 2.45) is 11.8 Å². The van der Waals surface area contributed by atoms with E-state index >= 15 is 0 Å². The second-order valence-electron chi connectivity index (χ2n) is 6.52. The smallest absolute Gasteiger partial charge is 0.255 e. The second-order valence-corrected chi connectivity index (χ2v) is 6.93. The molecule has 1 aliphatic heterocycles. The van der Waals surface area contributed by atoms with Crippen LogP contribution in [-0.4, -0.2) is 43.6 Å². The molecule has 1 aliphatic carbocycles. The summed E-state index contributed by atoms with van der Waals surface area (Å²) >= 11 is 6.07. The van der Waals surface area contributed by atoms with E-state index in [1.807, 2.05) is 0 Å². The molecule has 23 heavy (non-hydrogen) atoms. The minimum absolute atomic E-state index is 0.129. The van der Waals surface area contributed by atoms with Crippen molar-refractivity contribution < 1.29 is 9.53 Å². The van der Waals surface area contributed by atoms with Crippen LogP contribution in [0.1, 0.15) is 30.1 Å². The zero-order valence-electron chi connectivity index (χ0n) is 13.6. The molecule has 1 aromatic rings. The van der Waals surface area contributed by atoms with Gasteiger partial charge in [-0.2, -0.15) is 0 Å². The summed E-state index contributed by atoms with van der Waals surface area (Å²) in [7, 11) is 1.53. The number of fused-ring (bicyclic) bond motifs is 2. The SMILES string of the molecule is CCN1CC2CCC(C1)C2NC(=O)c1cc(Cl)c(N)cc1OC. The molecule has 2 atom stereocenters. The number of amides is 1. The first-order valence-corrected chi connectivity index (χ1v) is 8.57. The van der Waals surface area contributed by atoms with Crippen LogP contribution in [0.25, 0.3) is 0 Å². The summed E-state index contributed by atoms with van der Waals surface area (Å²) < 4.78 is 5.29. The van der Waals surface area contributed by atoms with Crippen molar-refractivity contribution in [2.75, 3.05) is 32.5 Å². The van der Waals surface area contributed by atoms with E-state index in [9.17, 15) is 4.79 Å². The van der Waals surface area contributed by atoms with E-state index in [1.165, 1.54) is 20.0 Å². The fourth-order valence-electron chi connectivity index (χ4n) is 3.96. The molecule has 2 unspecified atom stereocenters. The second kappa shape index (κ2) is 6.57. The molecule has 3 rings (SSSR count). The van der Waals surface area contributed by atoms with Crippen LogP contribution >= 0.6 is 11.6 Å². The number of nitrogens with two attached hydrogens (primary N) is 1. The van der Waals surface area contributed by atoms with Crippen molar-refractivity contribution in [3.63, 3.8) is 0 Å². The Kier molecular flexibility index (Phi) is 4.69. The normalized spacial score (nSPS) is 27.0. The van der Waals surface area contributed by atoms with Gasteiger partial charge in [0.05, 0.1) is 23.4 Å². The van der Waals surface area contributed by atoms with Crippen LogP contribution in [0.2, 0.25) is 5.02 Å². The number of anilines is 1. The van der Waals surface area contributed by atoms with Gasteiger partial charge in [-0.05, 0) is 37.3 Å². The van der Waals surface area contributed by atoms with Crippen LogP contribution in [-0.2, 0) is 0 Å². The molecular formula is C17H24ClN3O2. The third-order valence-corrected chi connectivity index (χ3v) is 5.55. The highest BCUT2D eigenvalue weighted by molar-refractivity contribution is 6.33. The van der Waals surface area contributed by atoms with Gasteiger partial charge in [0.2, 0.25) is 0 Å². The lowest BCUT2D eigenvalue weighted by molar-refractivity contribution is 0.0840. The summed E-state index contributed by atoms with van der Waals surface area (Å²) in [6.07, 6.45) is 2.37. The van der Waals surface area contributed by atoms with E-state index in [0.717, 1.165) is 19.6 Å². The summed E-state index contributed by atoms with van der Waals surface area (Å²) in [5.74, 6) is 1.40. The summed E-state index contributed by atoms with van der Waals surface area (Å²) in [5, 5.41) is 3.59. The van der Waals surface area contributed by atoms with Gasteiger partial charge >= 0.3 is 0 Å². The lowest BCUT2D eigenvalue weighted by atomic mass is 9.92. The molecule has 2 fully saturated rings. The van der Waals surface area contributed by atoms with Gasteiger partial charge in [0, 0.05) is 25.2 Å². The number of likely N-dealkylation sites (tertiary alicyclic amines) is 1. The fraction of sp³-hybridized carbons (Fsp3) is 0.588. The Labute approximate surface area is 142 Å². The molecule has 1 aromatic carbocycles. The molecule has 0 radical (unpaired) electrons. The van der Waals surface area contributed by atoms with Gasteiger partial charge in [0.15, 0.2) is 0 Å². The summed E-state index contributed by atoms with van der Waals surface area (Å²) in [6.45, 7) is 5.41. The van der Waals surface area contributed by atoms with Crippen molar-refractivity contribution in [3.8, 4) is 5.75 Å². The van der Waals surface area contributed by atoms with Gasteiger partial charge in [0.25, 0.3) is 5.91 Å². The Morgan fingerprint density at radius 3 is 2.61 bits per heavy atom. The molecule has 1 saturated heterocycles. The maximum absolute atomic E-state index is 12.7. The standard InChI is InChI=1S/C17H24ClN3O2/c1-3-21-8-10-4-5-11(9-21)16(10)20-17(22)12-6-13(18)14(19)7-15(12)23-2/h6-7,10-11,16H,3-5,8-9,19H2,1-2H3,(H,20,22). The zero-order chi connectivity index (χ0) is 16.6. The van der Waals surface area contributed by atoms with Crippen LogP contribution in [0, 0.1) is 11.8 Å². The number of methoxy groups -OCH3 is 1. The van der Waals surface area contributed by atoms with E-state index in [4.69, 9.17) is 22.1 Å². The summed E-state index contributed by atoms with van der Waals surface area (Å²) in [4.78, 5) is 15.2. The average molecular weight is 338 g/mol. The Hall–Kier alpha value is -1.46. The van der Waals surface area contributed by atoms with E-state index in [2.05, 4.69) is 17.1 Å². The Bertz CT molecular complexity index is 594. The number of carbonyl (C=O) groups is 1. The van der Waals surface area contributed by atoms with E-state index in [1.54, 1.807) is 12.1 Å². The number of nitrogen functional groups attached to an aromatic ring is 1. The molecule has 1 saturated carbocycles. The number of carbonyl (C=O) groups excluding carboxylic acids is 1. The lowest BCUT2D eigenvalue weighted by Crippen LogP contribution is -2.52. The molecular weight excluding hydrogens is 314 g/mol. The molecule has 5 nitrogen and oxygen atoms in total. The number of nitrogens with one attached hydrogen (secondary N) is 1. The van der Waals surface area contributed by atoms with Crippen molar-refractivity contribution >= 4 is 23.2 Å². The Morgan fingerprint density at radius 1 is 1.39 bits per heavy atom. The molecule has 126 valence electrons. The van der Waals surface area contributed by atoms with E-state index < -0.39 is 0 Å². The predicted octanol–water partition coefficient (Wildman–Crippen LogP) is 2.39. The van der Waals surface area contributed by atoms with Gasteiger partial charge in [-0.1, -0.05) is 18.5 Å². The Morgan fingerprint density at radius 2 is 2.04 bits per heavy atom. The quantitative estimate of drug-likeness (QED) is 0.828. The van der Waals surface area contributed by atoms with Crippen molar-refractivity contribution in [2.45, 2.75) is 25.8 Å². The predicted molar refractivity (Wildman–Crippen MR) is 92.0 cm³/mol. The fourth-order valence-corrected chi connectivity index (χ4v) is 4.12. The molecule has 6 heteroatoms. The Balaban J connectivity index is 1.77. The highest BCUT2D eigenvalue weighted by Gasteiger charge is 2.42. The highest BCUT2D eigenvalue weighted by Crippen LogP contribution is 2.37. The van der Waals surface area contributed by atoms with E-state index in [0.29, 0.717) is 33.9 Å². The van der Waals surface area contributed by atoms with Crippen LogP contribution in [0.5, 0.6) is 5.75 Å². The number of hydrogen-bond acceptors (Lipinski definition) is 4. The van der Waals surface area contributed by atoms with Gasteiger partial charge in [-0.3, -0.25) is 4.79 Å². The number of ether oxygens (including phenoxy) is 1. The van der Waals surface area contributed by atoms with Crippen LogP contribution < -0.4 is 15.8 Å². The highest BCUT2D eigenvalue weighted by atomic mass is 35.5. The van der Waals surface area contributed by atoms with Gasteiger partial charge in [0.1, 0.15) is 5.75 Å². The number of benzene rings is 1. The largest absolute Gasteiger partial charge is 0.496 e. The molecule has 3 N–H and O–H groups in total. The first-order chi connectivity index (χ1) is 11.0. The van der Waals surface area contributed by atoms with Crippen LogP contribution in [0.15, 0.2) is 12.1 Å².